The number of nitrogens with two attached hydrogens (primary N) is 1. The van der Waals surface area contributed by atoms with Gasteiger partial charge < -0.3 is 10.5 Å². The molecule has 1 rings (SSSR count). The van der Waals surface area contributed by atoms with Crippen molar-refractivity contribution < 1.29 is 13.5 Å². The Kier molecular flexibility index (Phi) is 2.60. The highest BCUT2D eigenvalue weighted by molar-refractivity contribution is 5.44. The lowest BCUT2D eigenvalue weighted by atomic mass is 10.4. The zero-order valence-corrected chi connectivity index (χ0v) is 7.00. The summed E-state index contributed by atoms with van der Waals surface area (Å²) in [6, 6.07) is 0. The summed E-state index contributed by atoms with van der Waals surface area (Å²) in [7, 11) is 0. The summed E-state index contributed by atoms with van der Waals surface area (Å²) >= 11 is 0. The fourth-order valence-electron chi connectivity index (χ4n) is 0.645. The Morgan fingerprint density at radius 1 is 1.62 bits per heavy atom. The minimum Gasteiger partial charge on any atom is -0.470 e. The highest BCUT2D eigenvalue weighted by Gasteiger charge is 2.22. The third kappa shape index (κ3) is 3.18. The van der Waals surface area contributed by atoms with Crippen LogP contribution in [0.5, 0.6) is 5.88 Å². The summed E-state index contributed by atoms with van der Waals surface area (Å²) in [4.78, 5) is 7.18. The van der Waals surface area contributed by atoms with Crippen LogP contribution in [0, 0.1) is 0 Å². The summed E-state index contributed by atoms with van der Waals surface area (Å²) < 4.78 is 29.3. The molecule has 6 heteroatoms. The first kappa shape index (κ1) is 9.63. The Labute approximate surface area is 73.8 Å². The lowest BCUT2D eigenvalue weighted by Gasteiger charge is -2.11. The molecule has 0 unspecified atom stereocenters. The van der Waals surface area contributed by atoms with Crippen LogP contribution in [0.1, 0.15) is 6.92 Å². The molecule has 72 valence electrons. The number of nitrogen functional groups attached to an aromatic ring is 1. The van der Waals surface area contributed by atoms with Crippen molar-refractivity contribution in [3.8, 4) is 5.88 Å². The lowest BCUT2D eigenvalue weighted by Crippen LogP contribution is -2.21. The predicted molar refractivity (Wildman–Crippen MR) is 42.6 cm³/mol. The van der Waals surface area contributed by atoms with Crippen LogP contribution in [0.2, 0.25) is 0 Å². The summed E-state index contributed by atoms with van der Waals surface area (Å²) in [6.07, 6.45) is 2.47. The number of rotatable bonds is 3. The lowest BCUT2D eigenvalue weighted by molar-refractivity contribution is -0.0240. The monoisotopic (exact) mass is 189 g/mol. The third-order valence-corrected chi connectivity index (χ3v) is 1.16. The van der Waals surface area contributed by atoms with Gasteiger partial charge in [0.25, 0.3) is 5.92 Å². The van der Waals surface area contributed by atoms with Gasteiger partial charge in [-0.05, 0) is 0 Å². The maximum atomic E-state index is 12.3. The Bertz CT molecular complexity index is 287. The molecule has 0 atom stereocenters. The van der Waals surface area contributed by atoms with Gasteiger partial charge in [-0.1, -0.05) is 0 Å². The van der Waals surface area contributed by atoms with Crippen molar-refractivity contribution in [3.05, 3.63) is 12.5 Å². The topological polar surface area (TPSA) is 61.0 Å². The van der Waals surface area contributed by atoms with Gasteiger partial charge >= 0.3 is 0 Å². The van der Waals surface area contributed by atoms with Crippen molar-refractivity contribution in [1.82, 2.24) is 9.97 Å². The van der Waals surface area contributed by atoms with E-state index in [2.05, 4.69) is 14.7 Å². The molecule has 0 aliphatic heterocycles. The van der Waals surface area contributed by atoms with Crippen LogP contribution >= 0.6 is 0 Å². The summed E-state index contributed by atoms with van der Waals surface area (Å²) in [5, 5.41) is 0. The highest BCUT2D eigenvalue weighted by Crippen LogP contribution is 2.18. The minimum absolute atomic E-state index is 0.0171. The molecule has 0 radical (unpaired) electrons. The van der Waals surface area contributed by atoms with Gasteiger partial charge in [0.15, 0.2) is 6.61 Å². The average molecular weight is 189 g/mol. The van der Waals surface area contributed by atoms with Crippen molar-refractivity contribution in [1.29, 1.82) is 0 Å². The number of halogens is 2. The molecule has 2 N–H and O–H groups in total. The second-order valence-electron chi connectivity index (χ2n) is 2.64. The van der Waals surface area contributed by atoms with Crippen LogP contribution in [-0.2, 0) is 0 Å². The van der Waals surface area contributed by atoms with E-state index in [1.807, 2.05) is 0 Å². The highest BCUT2D eigenvalue weighted by atomic mass is 19.3. The van der Waals surface area contributed by atoms with Gasteiger partial charge in [0, 0.05) is 6.92 Å². The number of anilines is 1. The van der Waals surface area contributed by atoms with Crippen LogP contribution in [-0.4, -0.2) is 22.5 Å². The molecule has 0 aliphatic rings. The van der Waals surface area contributed by atoms with Crippen LogP contribution in [0.15, 0.2) is 12.5 Å². The molecule has 1 heterocycles. The number of alkyl halides is 2. The number of ether oxygens (including phenoxy) is 1. The van der Waals surface area contributed by atoms with Crippen molar-refractivity contribution in [2.75, 3.05) is 12.3 Å². The zero-order chi connectivity index (χ0) is 9.90. The van der Waals surface area contributed by atoms with Gasteiger partial charge in [-0.2, -0.15) is 0 Å². The van der Waals surface area contributed by atoms with Gasteiger partial charge in [-0.3, -0.25) is 0 Å². The second-order valence-corrected chi connectivity index (χ2v) is 2.64. The molecular weight excluding hydrogens is 180 g/mol. The molecule has 0 aliphatic carbocycles. The van der Waals surface area contributed by atoms with Crippen LogP contribution in [0.25, 0.3) is 0 Å². The van der Waals surface area contributed by atoms with Crippen molar-refractivity contribution >= 4 is 5.69 Å². The molecule has 1 aromatic rings. The van der Waals surface area contributed by atoms with Crippen LogP contribution in [0.4, 0.5) is 14.5 Å². The molecule has 0 saturated heterocycles. The van der Waals surface area contributed by atoms with Gasteiger partial charge in [0.1, 0.15) is 12.0 Å². The number of hydrogen-bond acceptors (Lipinski definition) is 4. The zero-order valence-electron chi connectivity index (χ0n) is 7.00. The normalized spacial score (nSPS) is 11.3. The van der Waals surface area contributed by atoms with Gasteiger partial charge in [-0.25, -0.2) is 18.7 Å². The van der Waals surface area contributed by atoms with Crippen molar-refractivity contribution in [2.24, 2.45) is 0 Å². The number of nitrogens with zero attached hydrogens (tertiary/aromatic N) is 2. The maximum Gasteiger partial charge on any atom is 0.278 e. The molecule has 13 heavy (non-hydrogen) atoms. The smallest absolute Gasteiger partial charge is 0.278 e. The van der Waals surface area contributed by atoms with E-state index in [-0.39, 0.29) is 11.6 Å². The molecular formula is C7H9F2N3O. The Balaban J connectivity index is 2.60. The largest absolute Gasteiger partial charge is 0.470 e. The van der Waals surface area contributed by atoms with Crippen LogP contribution < -0.4 is 10.5 Å². The first-order valence-corrected chi connectivity index (χ1v) is 3.55. The maximum absolute atomic E-state index is 12.3. The van der Waals surface area contributed by atoms with E-state index in [1.165, 1.54) is 12.5 Å². The van der Waals surface area contributed by atoms with E-state index >= 15 is 0 Å². The number of hydrogen-bond donors (Lipinski definition) is 1. The first-order valence-electron chi connectivity index (χ1n) is 3.55. The van der Waals surface area contributed by atoms with Crippen LogP contribution in [0.3, 0.4) is 0 Å². The molecule has 0 bridgehead atoms. The number of aromatic nitrogens is 2. The Morgan fingerprint density at radius 3 is 2.85 bits per heavy atom. The molecule has 4 nitrogen and oxygen atoms in total. The third-order valence-electron chi connectivity index (χ3n) is 1.16. The molecule has 1 aromatic heterocycles. The molecule has 0 aromatic carbocycles. The summed E-state index contributed by atoms with van der Waals surface area (Å²) in [5.74, 6) is -2.91. The first-order chi connectivity index (χ1) is 5.99. The van der Waals surface area contributed by atoms with Gasteiger partial charge in [-0.15, -0.1) is 0 Å². The van der Waals surface area contributed by atoms with Gasteiger partial charge in [0.05, 0.1) is 6.20 Å². The van der Waals surface area contributed by atoms with Crippen molar-refractivity contribution in [3.63, 3.8) is 0 Å². The van der Waals surface area contributed by atoms with E-state index in [1.54, 1.807) is 0 Å². The Hall–Kier alpha value is -1.46. The molecule has 0 spiro atoms. The summed E-state index contributed by atoms with van der Waals surface area (Å²) in [6.45, 7) is 0.0125. The van der Waals surface area contributed by atoms with Gasteiger partial charge in [0.2, 0.25) is 5.88 Å². The SMILES string of the molecule is CC(F)(F)COc1ncncc1N. The van der Waals surface area contributed by atoms with E-state index in [0.29, 0.717) is 0 Å². The molecule has 0 fully saturated rings. The van der Waals surface area contributed by atoms with E-state index in [0.717, 1.165) is 6.92 Å². The summed E-state index contributed by atoms with van der Waals surface area (Å²) in [5.41, 5.74) is 5.50. The van der Waals surface area contributed by atoms with E-state index in [4.69, 9.17) is 5.73 Å². The minimum atomic E-state index is -2.89. The molecule has 0 saturated carbocycles. The second kappa shape index (κ2) is 3.51. The van der Waals surface area contributed by atoms with E-state index in [9.17, 15) is 8.78 Å². The standard InChI is InChI=1S/C7H9F2N3O/c1-7(8,9)3-13-6-5(10)2-11-4-12-6/h2,4H,3,10H2,1H3. The fourth-order valence-corrected chi connectivity index (χ4v) is 0.645. The Morgan fingerprint density at radius 2 is 2.31 bits per heavy atom. The van der Waals surface area contributed by atoms with E-state index < -0.39 is 12.5 Å². The quantitative estimate of drug-likeness (QED) is 0.773. The molecule has 0 amide bonds. The average Bonchev–Trinajstić information content (AvgIpc) is 2.01. The fraction of sp³-hybridized carbons (Fsp3) is 0.429. The predicted octanol–water partition coefficient (Wildman–Crippen LogP) is 1.09. The van der Waals surface area contributed by atoms with Crippen molar-refractivity contribution in [2.45, 2.75) is 12.8 Å².